The zero-order chi connectivity index (χ0) is 19.4. The van der Waals surface area contributed by atoms with Crippen molar-refractivity contribution in [3.63, 3.8) is 0 Å². The van der Waals surface area contributed by atoms with Crippen LogP contribution < -0.4 is 15.4 Å². The van der Waals surface area contributed by atoms with Gasteiger partial charge in [-0.3, -0.25) is 9.52 Å². The Labute approximate surface area is 172 Å². The largest absolute Gasteiger partial charge is 0.350 e. The number of anilines is 1. The number of hydrogen-bond donors (Lipinski definition) is 3. The summed E-state index contributed by atoms with van der Waals surface area (Å²) in [6, 6.07) is 12.1. The molecular formula is C20H26ClN3O3S. The number of sulfonamides is 1. The van der Waals surface area contributed by atoms with E-state index in [1.807, 2.05) is 19.1 Å². The van der Waals surface area contributed by atoms with E-state index in [1.54, 1.807) is 25.1 Å². The number of para-hydroxylation sites is 1. The number of carbonyl (C=O) groups is 1. The van der Waals surface area contributed by atoms with Crippen LogP contribution in [0.3, 0.4) is 0 Å². The second kappa shape index (κ2) is 9.41. The number of nitrogens with one attached hydrogen (secondary N) is 3. The summed E-state index contributed by atoms with van der Waals surface area (Å²) in [7, 11) is -3.78. The van der Waals surface area contributed by atoms with Gasteiger partial charge in [0, 0.05) is 18.2 Å². The molecule has 0 radical (unpaired) electrons. The quantitative estimate of drug-likeness (QED) is 0.666. The van der Waals surface area contributed by atoms with Gasteiger partial charge < -0.3 is 10.6 Å². The maximum absolute atomic E-state index is 12.8. The molecule has 0 aromatic heterocycles. The highest BCUT2D eigenvalue weighted by atomic mass is 35.5. The average molecular weight is 424 g/mol. The fraction of sp³-hybridized carbons (Fsp3) is 0.350. The summed E-state index contributed by atoms with van der Waals surface area (Å²) in [5.41, 5.74) is 2.47. The number of hydrogen-bond acceptors (Lipinski definition) is 4. The normalized spacial score (nSPS) is 16.3. The molecule has 1 heterocycles. The Hall–Kier alpha value is -2.09. The van der Waals surface area contributed by atoms with Crippen molar-refractivity contribution in [2.24, 2.45) is 0 Å². The maximum Gasteiger partial charge on any atom is 0.261 e. The highest BCUT2D eigenvalue weighted by Crippen LogP contribution is 2.21. The van der Waals surface area contributed by atoms with Crippen LogP contribution in [0, 0.1) is 13.8 Å². The Morgan fingerprint density at radius 1 is 1.14 bits per heavy atom. The Bertz CT molecular complexity index is 941. The topological polar surface area (TPSA) is 87.3 Å². The van der Waals surface area contributed by atoms with E-state index in [0.717, 1.165) is 30.5 Å². The first-order chi connectivity index (χ1) is 12.9. The second-order valence-corrected chi connectivity index (χ2v) is 8.58. The average Bonchev–Trinajstić information content (AvgIpc) is 3.15. The molecule has 1 aliphatic rings. The van der Waals surface area contributed by atoms with Crippen molar-refractivity contribution in [2.45, 2.75) is 37.6 Å². The molecule has 1 saturated heterocycles. The summed E-state index contributed by atoms with van der Waals surface area (Å²) in [5, 5.41) is 6.23. The van der Waals surface area contributed by atoms with Gasteiger partial charge in [-0.2, -0.15) is 0 Å². The van der Waals surface area contributed by atoms with E-state index in [2.05, 4.69) is 15.4 Å². The second-order valence-electron chi connectivity index (χ2n) is 6.90. The number of rotatable bonds is 6. The van der Waals surface area contributed by atoms with E-state index in [9.17, 15) is 13.2 Å². The van der Waals surface area contributed by atoms with Crippen LogP contribution in [0.4, 0.5) is 5.69 Å². The van der Waals surface area contributed by atoms with E-state index in [-0.39, 0.29) is 29.3 Å². The monoisotopic (exact) mass is 423 g/mol. The standard InChI is InChI=1S/C20H25N3O3S.ClH/c1-14-9-10-17(27(25,26)23-19-8-4-3-6-15(19)2)12-18(14)20(24)22-13-16-7-5-11-21-16;/h3-4,6,8-10,12,16,21,23H,5,7,11,13H2,1-2H3,(H,22,24);1H. The number of carbonyl (C=O) groups excluding carboxylic acids is 1. The van der Waals surface area contributed by atoms with Gasteiger partial charge in [-0.25, -0.2) is 8.42 Å². The van der Waals surface area contributed by atoms with Crippen LogP contribution in [-0.2, 0) is 10.0 Å². The SMILES string of the molecule is Cc1ccccc1NS(=O)(=O)c1ccc(C)c(C(=O)NCC2CCCN2)c1.Cl. The molecule has 1 atom stereocenters. The van der Waals surface area contributed by atoms with Crippen molar-refractivity contribution in [1.82, 2.24) is 10.6 Å². The molecule has 1 fully saturated rings. The van der Waals surface area contributed by atoms with Crippen LogP contribution >= 0.6 is 12.4 Å². The molecular weight excluding hydrogens is 398 g/mol. The third kappa shape index (κ3) is 5.25. The number of amides is 1. The van der Waals surface area contributed by atoms with Crippen LogP contribution in [0.15, 0.2) is 47.4 Å². The van der Waals surface area contributed by atoms with Gasteiger partial charge in [0.1, 0.15) is 0 Å². The first-order valence-electron chi connectivity index (χ1n) is 9.07. The highest BCUT2D eigenvalue weighted by Gasteiger charge is 2.20. The minimum atomic E-state index is -3.78. The molecule has 3 rings (SSSR count). The fourth-order valence-corrected chi connectivity index (χ4v) is 4.30. The molecule has 1 aliphatic heterocycles. The van der Waals surface area contributed by atoms with E-state index in [1.165, 1.54) is 12.1 Å². The van der Waals surface area contributed by atoms with Gasteiger partial charge in [-0.15, -0.1) is 12.4 Å². The van der Waals surface area contributed by atoms with Gasteiger partial charge in [0.2, 0.25) is 0 Å². The molecule has 3 N–H and O–H groups in total. The summed E-state index contributed by atoms with van der Waals surface area (Å²) in [5.74, 6) is -0.255. The van der Waals surface area contributed by atoms with Gasteiger partial charge in [0.25, 0.3) is 15.9 Å². The van der Waals surface area contributed by atoms with Crippen LogP contribution in [0.5, 0.6) is 0 Å². The van der Waals surface area contributed by atoms with E-state index in [0.29, 0.717) is 17.8 Å². The molecule has 2 aromatic carbocycles. The number of benzene rings is 2. The Morgan fingerprint density at radius 3 is 2.57 bits per heavy atom. The van der Waals surface area contributed by atoms with Crippen molar-refractivity contribution >= 4 is 34.0 Å². The van der Waals surface area contributed by atoms with Crippen molar-refractivity contribution in [3.05, 3.63) is 59.2 Å². The van der Waals surface area contributed by atoms with Crippen LogP contribution in [0.2, 0.25) is 0 Å². The predicted molar refractivity (Wildman–Crippen MR) is 114 cm³/mol. The zero-order valence-electron chi connectivity index (χ0n) is 16.0. The highest BCUT2D eigenvalue weighted by molar-refractivity contribution is 7.92. The zero-order valence-corrected chi connectivity index (χ0v) is 17.6. The van der Waals surface area contributed by atoms with E-state index in [4.69, 9.17) is 0 Å². The predicted octanol–water partition coefficient (Wildman–Crippen LogP) is 3.01. The third-order valence-corrected chi connectivity index (χ3v) is 6.19. The summed E-state index contributed by atoms with van der Waals surface area (Å²) >= 11 is 0. The van der Waals surface area contributed by atoms with Crippen molar-refractivity contribution < 1.29 is 13.2 Å². The van der Waals surface area contributed by atoms with Crippen LogP contribution in [-0.4, -0.2) is 33.5 Å². The molecule has 8 heteroatoms. The molecule has 0 spiro atoms. The summed E-state index contributed by atoms with van der Waals surface area (Å²) in [4.78, 5) is 12.6. The first kappa shape index (κ1) is 22.2. The minimum Gasteiger partial charge on any atom is -0.350 e. The first-order valence-corrected chi connectivity index (χ1v) is 10.6. The smallest absolute Gasteiger partial charge is 0.261 e. The number of aryl methyl sites for hydroxylation is 2. The third-order valence-electron chi connectivity index (χ3n) is 4.82. The molecule has 1 amide bonds. The minimum absolute atomic E-state index is 0. The lowest BCUT2D eigenvalue weighted by Crippen LogP contribution is -2.37. The molecule has 0 bridgehead atoms. The van der Waals surface area contributed by atoms with Crippen molar-refractivity contribution in [2.75, 3.05) is 17.8 Å². The lowest BCUT2D eigenvalue weighted by Gasteiger charge is -2.14. The van der Waals surface area contributed by atoms with Gasteiger partial charge >= 0.3 is 0 Å². The Kier molecular flexibility index (Phi) is 7.46. The molecule has 28 heavy (non-hydrogen) atoms. The summed E-state index contributed by atoms with van der Waals surface area (Å²) < 4.78 is 28.1. The van der Waals surface area contributed by atoms with Crippen LogP contribution in [0.25, 0.3) is 0 Å². The molecule has 0 aliphatic carbocycles. The summed E-state index contributed by atoms with van der Waals surface area (Å²) in [6.07, 6.45) is 2.14. The summed E-state index contributed by atoms with van der Waals surface area (Å²) in [6.45, 7) is 5.14. The van der Waals surface area contributed by atoms with Gasteiger partial charge in [-0.05, 0) is 62.6 Å². The van der Waals surface area contributed by atoms with Crippen molar-refractivity contribution in [1.29, 1.82) is 0 Å². The number of halogens is 1. The fourth-order valence-electron chi connectivity index (χ4n) is 3.15. The lowest BCUT2D eigenvalue weighted by molar-refractivity contribution is 0.0949. The maximum atomic E-state index is 12.8. The molecule has 2 aromatic rings. The lowest BCUT2D eigenvalue weighted by atomic mass is 10.1. The van der Waals surface area contributed by atoms with Gasteiger partial charge in [-0.1, -0.05) is 24.3 Å². The van der Waals surface area contributed by atoms with Crippen molar-refractivity contribution in [3.8, 4) is 0 Å². The van der Waals surface area contributed by atoms with Crippen LogP contribution in [0.1, 0.15) is 34.3 Å². The van der Waals surface area contributed by atoms with Gasteiger partial charge in [0.15, 0.2) is 0 Å². The van der Waals surface area contributed by atoms with E-state index >= 15 is 0 Å². The van der Waals surface area contributed by atoms with E-state index < -0.39 is 10.0 Å². The molecule has 6 nitrogen and oxygen atoms in total. The Morgan fingerprint density at radius 2 is 1.89 bits per heavy atom. The Balaban J connectivity index is 0.00000280. The molecule has 1 unspecified atom stereocenters. The van der Waals surface area contributed by atoms with Gasteiger partial charge in [0.05, 0.1) is 10.6 Å². The molecule has 152 valence electrons. The molecule has 0 saturated carbocycles.